The van der Waals surface area contributed by atoms with Gasteiger partial charge in [0.05, 0.1) is 10.0 Å². The average Bonchev–Trinajstić information content (AvgIpc) is 2.69. The summed E-state index contributed by atoms with van der Waals surface area (Å²) < 4.78 is 0. The normalized spacial score (nSPS) is 13.8. The first-order chi connectivity index (χ1) is 9.47. The first kappa shape index (κ1) is 13.7. The maximum Gasteiger partial charge on any atom is 0.254 e. The van der Waals surface area contributed by atoms with Crippen molar-refractivity contribution in [3.63, 3.8) is 0 Å². The summed E-state index contributed by atoms with van der Waals surface area (Å²) >= 11 is 18.2. The molecule has 1 aliphatic rings. The predicted molar refractivity (Wildman–Crippen MR) is 82.7 cm³/mol. The highest BCUT2D eigenvalue weighted by Gasteiger charge is 2.24. The maximum atomic E-state index is 11.9. The fraction of sp³-hybridized carbons (Fsp3) is 0.133. The standard InChI is InChI=1S/C15H10Cl3NO/c1-19-7-9-4-8(2-3-10(9)15(19)20)11-5-13(17)14(18)6-12(11)16/h2-6H,7H2,1H3. The van der Waals surface area contributed by atoms with Crippen LogP contribution in [0.4, 0.5) is 0 Å². The van der Waals surface area contributed by atoms with Gasteiger partial charge in [0.25, 0.3) is 5.91 Å². The van der Waals surface area contributed by atoms with Crippen molar-refractivity contribution in [2.75, 3.05) is 7.05 Å². The number of nitrogens with zero attached hydrogens (tertiary/aromatic N) is 1. The minimum atomic E-state index is 0.0479. The number of benzene rings is 2. The number of amides is 1. The lowest BCUT2D eigenvalue weighted by Gasteiger charge is -2.08. The minimum Gasteiger partial charge on any atom is -0.337 e. The van der Waals surface area contributed by atoms with Gasteiger partial charge in [-0.15, -0.1) is 0 Å². The summed E-state index contributed by atoms with van der Waals surface area (Å²) in [6.07, 6.45) is 0. The summed E-state index contributed by atoms with van der Waals surface area (Å²) in [6.45, 7) is 0.612. The Kier molecular flexibility index (Phi) is 3.41. The summed E-state index contributed by atoms with van der Waals surface area (Å²) in [6, 6.07) is 9.05. The third kappa shape index (κ3) is 2.18. The van der Waals surface area contributed by atoms with Crippen LogP contribution in [-0.2, 0) is 6.54 Å². The Hall–Kier alpha value is -1.22. The highest BCUT2D eigenvalue weighted by molar-refractivity contribution is 6.44. The van der Waals surface area contributed by atoms with Gasteiger partial charge >= 0.3 is 0 Å². The second kappa shape index (κ2) is 4.96. The van der Waals surface area contributed by atoms with Crippen molar-refractivity contribution in [3.8, 4) is 11.1 Å². The van der Waals surface area contributed by atoms with Crippen molar-refractivity contribution < 1.29 is 4.79 Å². The molecule has 0 atom stereocenters. The Balaban J connectivity index is 2.12. The van der Waals surface area contributed by atoms with E-state index in [9.17, 15) is 4.79 Å². The van der Waals surface area contributed by atoms with E-state index in [1.807, 2.05) is 18.2 Å². The van der Waals surface area contributed by atoms with Crippen LogP contribution in [-0.4, -0.2) is 17.9 Å². The molecule has 2 nitrogen and oxygen atoms in total. The number of hydrogen-bond acceptors (Lipinski definition) is 1. The maximum absolute atomic E-state index is 11.9. The van der Waals surface area contributed by atoms with Crippen LogP contribution >= 0.6 is 34.8 Å². The zero-order valence-corrected chi connectivity index (χ0v) is 12.9. The quantitative estimate of drug-likeness (QED) is 0.683. The van der Waals surface area contributed by atoms with Crippen LogP contribution in [0.1, 0.15) is 15.9 Å². The fourth-order valence-corrected chi connectivity index (χ4v) is 3.03. The third-order valence-electron chi connectivity index (χ3n) is 3.41. The van der Waals surface area contributed by atoms with Crippen LogP contribution in [0.5, 0.6) is 0 Å². The van der Waals surface area contributed by atoms with Gasteiger partial charge in [0, 0.05) is 29.7 Å². The van der Waals surface area contributed by atoms with Gasteiger partial charge in [-0.25, -0.2) is 0 Å². The van der Waals surface area contributed by atoms with Crippen molar-refractivity contribution >= 4 is 40.7 Å². The largest absolute Gasteiger partial charge is 0.337 e. The topological polar surface area (TPSA) is 20.3 Å². The van der Waals surface area contributed by atoms with Gasteiger partial charge in [0.2, 0.25) is 0 Å². The van der Waals surface area contributed by atoms with Gasteiger partial charge in [-0.05, 0) is 35.4 Å². The van der Waals surface area contributed by atoms with Crippen molar-refractivity contribution in [3.05, 3.63) is 56.5 Å². The van der Waals surface area contributed by atoms with Crippen molar-refractivity contribution in [1.82, 2.24) is 4.90 Å². The molecule has 3 rings (SSSR count). The second-order valence-corrected chi connectivity index (χ2v) is 6.00. The molecule has 0 fully saturated rings. The van der Waals surface area contributed by atoms with Crippen molar-refractivity contribution in [2.45, 2.75) is 6.54 Å². The van der Waals surface area contributed by atoms with E-state index in [2.05, 4.69) is 0 Å². The van der Waals surface area contributed by atoms with E-state index < -0.39 is 0 Å². The molecule has 1 aliphatic heterocycles. The molecule has 0 saturated carbocycles. The molecule has 2 aromatic carbocycles. The van der Waals surface area contributed by atoms with Crippen LogP contribution in [0.25, 0.3) is 11.1 Å². The van der Waals surface area contributed by atoms with E-state index in [0.29, 0.717) is 21.6 Å². The average molecular weight is 327 g/mol. The molecule has 0 aromatic heterocycles. The smallest absolute Gasteiger partial charge is 0.254 e. The molecule has 0 aliphatic carbocycles. The molecule has 20 heavy (non-hydrogen) atoms. The van der Waals surface area contributed by atoms with E-state index in [4.69, 9.17) is 34.8 Å². The molecule has 1 heterocycles. The number of rotatable bonds is 1. The van der Waals surface area contributed by atoms with Gasteiger partial charge in [-0.3, -0.25) is 4.79 Å². The Bertz CT molecular complexity index is 727. The van der Waals surface area contributed by atoms with Crippen LogP contribution in [0, 0.1) is 0 Å². The zero-order valence-electron chi connectivity index (χ0n) is 10.6. The first-order valence-corrected chi connectivity index (χ1v) is 7.14. The van der Waals surface area contributed by atoms with Gasteiger partial charge in [-0.2, -0.15) is 0 Å². The lowest BCUT2D eigenvalue weighted by Crippen LogP contribution is -2.17. The molecule has 0 radical (unpaired) electrons. The summed E-state index contributed by atoms with van der Waals surface area (Å²) in [5, 5.41) is 1.42. The molecule has 0 spiro atoms. The predicted octanol–water partition coefficient (Wildman–Crippen LogP) is 4.90. The Morgan fingerprint density at radius 2 is 1.65 bits per heavy atom. The molecule has 0 N–H and O–H groups in total. The summed E-state index contributed by atoms with van der Waals surface area (Å²) in [4.78, 5) is 13.6. The molecular formula is C15H10Cl3NO. The molecule has 2 aromatic rings. The van der Waals surface area contributed by atoms with Gasteiger partial charge in [-0.1, -0.05) is 40.9 Å². The lowest BCUT2D eigenvalue weighted by molar-refractivity contribution is 0.0816. The number of fused-ring (bicyclic) bond motifs is 1. The fourth-order valence-electron chi connectivity index (χ4n) is 2.38. The molecule has 0 unspecified atom stereocenters. The van der Waals surface area contributed by atoms with Gasteiger partial charge in [0.15, 0.2) is 0 Å². The molecule has 5 heteroatoms. The van der Waals surface area contributed by atoms with Crippen LogP contribution < -0.4 is 0 Å². The van der Waals surface area contributed by atoms with Crippen LogP contribution in [0.2, 0.25) is 15.1 Å². The zero-order chi connectivity index (χ0) is 14.4. The number of carbonyl (C=O) groups excluding carboxylic acids is 1. The SMILES string of the molecule is CN1Cc2cc(-c3cc(Cl)c(Cl)cc3Cl)ccc2C1=O. The van der Waals surface area contributed by atoms with E-state index in [1.54, 1.807) is 24.1 Å². The summed E-state index contributed by atoms with van der Waals surface area (Å²) in [5.41, 5.74) is 3.48. The minimum absolute atomic E-state index is 0.0479. The van der Waals surface area contributed by atoms with Gasteiger partial charge in [0.1, 0.15) is 0 Å². The van der Waals surface area contributed by atoms with E-state index >= 15 is 0 Å². The Morgan fingerprint density at radius 3 is 2.40 bits per heavy atom. The van der Waals surface area contributed by atoms with E-state index in [1.165, 1.54) is 0 Å². The highest BCUT2D eigenvalue weighted by Crippen LogP contribution is 2.36. The van der Waals surface area contributed by atoms with Crippen LogP contribution in [0.15, 0.2) is 30.3 Å². The Morgan fingerprint density at radius 1 is 0.950 bits per heavy atom. The van der Waals surface area contributed by atoms with Crippen LogP contribution in [0.3, 0.4) is 0 Å². The number of hydrogen-bond donors (Lipinski definition) is 0. The van der Waals surface area contributed by atoms with Crippen molar-refractivity contribution in [2.24, 2.45) is 0 Å². The van der Waals surface area contributed by atoms with E-state index in [0.717, 1.165) is 22.3 Å². The molecular weight excluding hydrogens is 317 g/mol. The molecule has 0 saturated heterocycles. The summed E-state index contributed by atoms with van der Waals surface area (Å²) in [7, 11) is 1.79. The molecule has 1 amide bonds. The highest BCUT2D eigenvalue weighted by atomic mass is 35.5. The lowest BCUT2D eigenvalue weighted by atomic mass is 10.0. The first-order valence-electron chi connectivity index (χ1n) is 6.00. The molecule has 102 valence electrons. The number of halogens is 3. The van der Waals surface area contributed by atoms with Gasteiger partial charge < -0.3 is 4.90 Å². The Labute approximate surface area is 131 Å². The number of carbonyl (C=O) groups is 1. The monoisotopic (exact) mass is 325 g/mol. The second-order valence-electron chi connectivity index (χ2n) is 4.78. The van der Waals surface area contributed by atoms with Crippen molar-refractivity contribution in [1.29, 1.82) is 0 Å². The molecule has 0 bridgehead atoms. The van der Waals surface area contributed by atoms with E-state index in [-0.39, 0.29) is 5.91 Å². The summed E-state index contributed by atoms with van der Waals surface area (Å²) in [5.74, 6) is 0.0479. The third-order valence-corrected chi connectivity index (χ3v) is 4.45.